The molecular weight excluding hydrogens is 434 g/mol. The van der Waals surface area contributed by atoms with Crippen molar-refractivity contribution in [2.45, 2.75) is 18.2 Å². The predicted molar refractivity (Wildman–Crippen MR) is 92.7 cm³/mol. The third-order valence-corrected chi connectivity index (χ3v) is 6.51. The summed E-state index contributed by atoms with van der Waals surface area (Å²) in [6.07, 6.45) is -5.42. The van der Waals surface area contributed by atoms with E-state index in [0.29, 0.717) is 0 Å². The Labute approximate surface area is 161 Å². The highest BCUT2D eigenvalue weighted by Gasteiger charge is 2.51. The molecule has 1 N–H and O–H groups in total. The molecule has 1 rings (SSSR count). The van der Waals surface area contributed by atoms with Crippen LogP contribution < -0.4 is 4.89 Å². The molecule has 27 heavy (non-hydrogen) atoms. The van der Waals surface area contributed by atoms with Crippen LogP contribution in [0.1, 0.15) is 6.92 Å². The maximum absolute atomic E-state index is 12.9. The Kier molecular flexibility index (Phi) is 8.95. The molecule has 0 radical (unpaired) electrons. The van der Waals surface area contributed by atoms with Crippen molar-refractivity contribution in [1.29, 1.82) is 0 Å². The lowest BCUT2D eigenvalue weighted by atomic mass is 10.3. The van der Waals surface area contributed by atoms with Crippen LogP contribution in [0.3, 0.4) is 0 Å². The first kappa shape index (κ1) is 23.6. The largest absolute Gasteiger partial charge is 0.471 e. The van der Waals surface area contributed by atoms with Crippen LogP contribution in [0, 0.1) is 0 Å². The van der Waals surface area contributed by atoms with Gasteiger partial charge in [0, 0.05) is 0 Å². The lowest BCUT2D eigenvalue weighted by molar-refractivity contribution is -0.187. The highest BCUT2D eigenvalue weighted by Crippen LogP contribution is 2.55. The number of ether oxygens (including phenoxy) is 1. The maximum atomic E-state index is 12.9. The van der Waals surface area contributed by atoms with Gasteiger partial charge in [-0.3, -0.25) is 19.1 Å². The second-order valence-corrected chi connectivity index (χ2v) is 8.11. The molecule has 2 unspecified atom stereocenters. The summed E-state index contributed by atoms with van der Waals surface area (Å²) in [5, 5.41) is -2.21. The molecule has 0 aliphatic carbocycles. The Bertz CT molecular complexity index is 692. The summed E-state index contributed by atoms with van der Waals surface area (Å²) in [6, 6.07) is 7.32. The molecule has 1 aromatic rings. The molecule has 1 amide bonds. The summed E-state index contributed by atoms with van der Waals surface area (Å²) in [5.74, 6) is -3.78. The average molecular weight is 449 g/mol. The van der Waals surface area contributed by atoms with Gasteiger partial charge in [-0.2, -0.15) is 13.2 Å². The van der Waals surface area contributed by atoms with E-state index in [4.69, 9.17) is 0 Å². The van der Waals surface area contributed by atoms with Crippen LogP contribution in [0.25, 0.3) is 0 Å². The molecule has 1 aromatic carbocycles. The zero-order valence-electron chi connectivity index (χ0n) is 13.7. The zero-order chi connectivity index (χ0) is 20.7. The number of hydrogen-bond donors (Lipinski definition) is 2. The Morgan fingerprint density at radius 1 is 1.33 bits per heavy atom. The summed E-state index contributed by atoms with van der Waals surface area (Å²) >= 11 is 3.63. The fourth-order valence-electron chi connectivity index (χ4n) is 1.66. The molecule has 0 heterocycles. The highest BCUT2D eigenvalue weighted by molar-refractivity contribution is 8.69. The number of carbonyl (C=O) groups is 2. The van der Waals surface area contributed by atoms with E-state index in [9.17, 15) is 32.2 Å². The van der Waals surface area contributed by atoms with Crippen molar-refractivity contribution in [1.82, 2.24) is 4.90 Å². The third-order valence-electron chi connectivity index (χ3n) is 2.73. The third kappa shape index (κ3) is 7.26. The van der Waals surface area contributed by atoms with E-state index < -0.39 is 37.3 Å². The second-order valence-electron chi connectivity index (χ2n) is 4.70. The first-order chi connectivity index (χ1) is 12.5. The van der Waals surface area contributed by atoms with Gasteiger partial charge in [0.1, 0.15) is 6.54 Å². The van der Waals surface area contributed by atoms with Crippen molar-refractivity contribution in [2.24, 2.45) is 0 Å². The van der Waals surface area contributed by atoms with Crippen molar-refractivity contribution in [2.75, 3.05) is 13.2 Å². The van der Waals surface area contributed by atoms with Gasteiger partial charge < -0.3 is 14.5 Å². The van der Waals surface area contributed by atoms with Crippen LogP contribution in [0.2, 0.25) is 0 Å². The van der Waals surface area contributed by atoms with Crippen molar-refractivity contribution in [3.8, 4) is 5.75 Å². The second kappa shape index (κ2) is 10.2. The quantitative estimate of drug-likeness (QED) is 0.113. The lowest BCUT2D eigenvalue weighted by Gasteiger charge is -2.31. The number of halogens is 3. The summed E-state index contributed by atoms with van der Waals surface area (Å²) in [4.78, 5) is 37.6. The fourth-order valence-corrected chi connectivity index (χ4v) is 4.75. The predicted octanol–water partition coefficient (Wildman–Crippen LogP) is 3.00. The molecule has 0 bridgehead atoms. The first-order valence-corrected chi connectivity index (χ1v) is 10.7. The van der Waals surface area contributed by atoms with Crippen LogP contribution in [0.4, 0.5) is 13.2 Å². The molecule has 8 nitrogen and oxygen atoms in total. The Hall–Kier alpha value is -1.40. The van der Waals surface area contributed by atoms with Crippen LogP contribution >= 0.6 is 30.1 Å². The van der Waals surface area contributed by atoms with Gasteiger partial charge in [-0.1, -0.05) is 33.7 Å². The molecule has 14 heteroatoms. The maximum Gasteiger partial charge on any atom is 0.471 e. The van der Waals surface area contributed by atoms with Gasteiger partial charge in [0.05, 0.1) is 6.61 Å². The molecular formula is C13H15F3NO7PS2. The number of esters is 1. The van der Waals surface area contributed by atoms with Crippen molar-refractivity contribution in [3.63, 3.8) is 0 Å². The summed E-state index contributed by atoms with van der Waals surface area (Å²) in [6.45, 7) is -0.0218. The van der Waals surface area contributed by atoms with E-state index in [0.717, 1.165) is 0 Å². The molecule has 0 aliphatic heterocycles. The van der Waals surface area contributed by atoms with Crippen LogP contribution in [0.5, 0.6) is 5.75 Å². The zero-order valence-corrected chi connectivity index (χ0v) is 16.3. The van der Waals surface area contributed by atoms with Crippen molar-refractivity contribution >= 4 is 41.9 Å². The van der Waals surface area contributed by atoms with Crippen LogP contribution in [0.15, 0.2) is 30.3 Å². The number of benzene rings is 1. The molecule has 0 aliphatic rings. The van der Waals surface area contributed by atoms with Crippen LogP contribution in [-0.2, 0) is 23.6 Å². The van der Waals surface area contributed by atoms with Gasteiger partial charge in [0.25, 0.3) is 0 Å². The molecule has 0 saturated carbocycles. The number of rotatable bonds is 9. The van der Waals surface area contributed by atoms with E-state index >= 15 is 0 Å². The minimum Gasteiger partial charge on any atom is -0.465 e. The monoisotopic (exact) mass is 449 g/mol. The topological polar surface area (TPSA) is 102 Å². The average Bonchev–Trinajstić information content (AvgIpc) is 2.59. The minimum atomic E-state index is -5.42. The molecule has 0 aromatic heterocycles. The molecule has 152 valence electrons. The lowest BCUT2D eigenvalue weighted by Crippen LogP contribution is -2.48. The standard InChI is InChI=1S/C13H15F3NO7PS2/c1-2-22-10(18)8-17(11(19)13(14,15)16)12(27-26)25(20,21)24-23-9-6-4-3-5-7-9/h3-7,12,26H,2,8H2,1H3,(H,20,21). The number of thiol groups is 1. The van der Waals surface area contributed by atoms with Gasteiger partial charge in [0.2, 0.25) is 0 Å². The van der Waals surface area contributed by atoms with Gasteiger partial charge in [-0.15, -0.1) is 11.7 Å². The highest BCUT2D eigenvalue weighted by atomic mass is 33.1. The number of para-hydroxylation sites is 1. The smallest absolute Gasteiger partial charge is 0.465 e. The van der Waals surface area contributed by atoms with E-state index in [1.807, 2.05) is 0 Å². The van der Waals surface area contributed by atoms with Crippen molar-refractivity contribution < 1.29 is 46.5 Å². The van der Waals surface area contributed by atoms with E-state index in [2.05, 4.69) is 26.0 Å². The number of nitrogens with zero attached hydrogens (tertiary/aromatic N) is 1. The summed E-state index contributed by atoms with van der Waals surface area (Å²) < 4.78 is 59.8. The first-order valence-electron chi connectivity index (χ1n) is 7.10. The number of carbonyl (C=O) groups excluding carboxylic acids is 2. The molecule has 0 spiro atoms. The fraction of sp³-hybridized carbons (Fsp3) is 0.385. The summed E-state index contributed by atoms with van der Waals surface area (Å²) in [7, 11) is -4.96. The van der Waals surface area contributed by atoms with Gasteiger partial charge in [0.15, 0.2) is 10.9 Å². The number of alkyl halides is 3. The van der Waals surface area contributed by atoms with Gasteiger partial charge in [-0.25, -0.2) is 0 Å². The number of hydrogen-bond acceptors (Lipinski definition) is 8. The Morgan fingerprint density at radius 3 is 2.41 bits per heavy atom. The molecule has 0 saturated heterocycles. The Morgan fingerprint density at radius 2 is 1.93 bits per heavy atom. The number of amides is 1. The summed E-state index contributed by atoms with van der Waals surface area (Å²) in [5.41, 5.74) is 0. The van der Waals surface area contributed by atoms with Gasteiger partial charge >= 0.3 is 25.6 Å². The van der Waals surface area contributed by atoms with Gasteiger partial charge in [-0.05, 0) is 19.1 Å². The Balaban J connectivity index is 3.07. The molecule has 2 atom stereocenters. The van der Waals surface area contributed by atoms with Crippen molar-refractivity contribution in [3.05, 3.63) is 30.3 Å². The van der Waals surface area contributed by atoms with E-state index in [1.165, 1.54) is 31.2 Å². The molecule has 0 fully saturated rings. The van der Waals surface area contributed by atoms with Crippen LogP contribution in [-0.4, -0.2) is 46.1 Å². The normalized spacial score (nSPS) is 14.7. The van der Waals surface area contributed by atoms with E-state index in [-0.39, 0.29) is 28.1 Å². The SMILES string of the molecule is CCOC(=O)CN(C(=O)C(F)(F)F)C(SS)P(=O)(O)OOc1ccccc1. The minimum absolute atomic E-state index is 0.0196. The van der Waals surface area contributed by atoms with E-state index in [1.54, 1.807) is 6.07 Å².